The fourth-order valence-electron chi connectivity index (χ4n) is 2.83. The summed E-state index contributed by atoms with van der Waals surface area (Å²) in [6, 6.07) is 8.46. The number of carbonyl (C=O) groups is 2. The highest BCUT2D eigenvalue weighted by molar-refractivity contribution is 5.92. The average molecular weight is 354 g/mol. The lowest BCUT2D eigenvalue weighted by Crippen LogP contribution is -2.36. The quantitative estimate of drug-likeness (QED) is 0.831. The lowest BCUT2D eigenvalue weighted by molar-refractivity contribution is 0.0526. The predicted molar refractivity (Wildman–Crippen MR) is 97.5 cm³/mol. The molecule has 1 aliphatic heterocycles. The molecule has 1 fully saturated rings. The molecule has 0 aliphatic carbocycles. The standard InChI is InChI=1S/C19H22N4O3/c1-2-26-18(25)14-6-8-15(9-7-14)21-19-20-11-10-16(22-19)17(24)23-12-4-3-5-13-23/h6-11H,2-5,12-13H2,1H3,(H,20,21,22). The third-order valence-corrected chi connectivity index (χ3v) is 4.17. The number of esters is 1. The minimum absolute atomic E-state index is 0.0622. The first-order valence-electron chi connectivity index (χ1n) is 8.84. The predicted octanol–water partition coefficient (Wildman–Crippen LogP) is 3.02. The van der Waals surface area contributed by atoms with E-state index in [4.69, 9.17) is 4.74 Å². The molecule has 1 saturated heterocycles. The van der Waals surface area contributed by atoms with Gasteiger partial charge in [0.2, 0.25) is 5.95 Å². The Bertz CT molecular complexity index is 771. The molecular formula is C19H22N4O3. The van der Waals surface area contributed by atoms with Crippen molar-refractivity contribution in [3.63, 3.8) is 0 Å². The van der Waals surface area contributed by atoms with E-state index in [-0.39, 0.29) is 11.9 Å². The fourth-order valence-corrected chi connectivity index (χ4v) is 2.83. The van der Waals surface area contributed by atoms with Gasteiger partial charge in [-0.1, -0.05) is 0 Å². The molecule has 7 heteroatoms. The van der Waals surface area contributed by atoms with Crippen LogP contribution in [0.5, 0.6) is 0 Å². The largest absolute Gasteiger partial charge is 0.462 e. The van der Waals surface area contributed by atoms with Crippen LogP contribution in [0.15, 0.2) is 36.5 Å². The van der Waals surface area contributed by atoms with Crippen LogP contribution in [0.4, 0.5) is 11.6 Å². The summed E-state index contributed by atoms with van der Waals surface area (Å²) in [7, 11) is 0. The van der Waals surface area contributed by atoms with E-state index >= 15 is 0 Å². The van der Waals surface area contributed by atoms with E-state index < -0.39 is 0 Å². The summed E-state index contributed by atoms with van der Waals surface area (Å²) in [6.45, 7) is 3.66. The van der Waals surface area contributed by atoms with Crippen LogP contribution < -0.4 is 5.32 Å². The smallest absolute Gasteiger partial charge is 0.338 e. The van der Waals surface area contributed by atoms with Crippen molar-refractivity contribution >= 4 is 23.5 Å². The maximum atomic E-state index is 12.5. The van der Waals surface area contributed by atoms with Crippen LogP contribution in [0.3, 0.4) is 0 Å². The van der Waals surface area contributed by atoms with Crippen molar-refractivity contribution in [3.05, 3.63) is 47.8 Å². The molecule has 1 amide bonds. The van der Waals surface area contributed by atoms with Crippen LogP contribution in [-0.2, 0) is 4.74 Å². The number of aromatic nitrogens is 2. The van der Waals surface area contributed by atoms with Gasteiger partial charge in [-0.3, -0.25) is 4.79 Å². The highest BCUT2D eigenvalue weighted by Crippen LogP contribution is 2.16. The third-order valence-electron chi connectivity index (χ3n) is 4.17. The van der Waals surface area contributed by atoms with Crippen molar-refractivity contribution in [2.24, 2.45) is 0 Å². The van der Waals surface area contributed by atoms with E-state index in [1.165, 1.54) is 6.42 Å². The lowest BCUT2D eigenvalue weighted by atomic mass is 10.1. The van der Waals surface area contributed by atoms with Gasteiger partial charge in [-0.05, 0) is 56.5 Å². The topological polar surface area (TPSA) is 84.4 Å². The number of anilines is 2. The first kappa shape index (κ1) is 17.8. The molecule has 0 radical (unpaired) electrons. The van der Waals surface area contributed by atoms with Crippen molar-refractivity contribution in [2.45, 2.75) is 26.2 Å². The van der Waals surface area contributed by atoms with E-state index in [0.717, 1.165) is 31.6 Å². The number of likely N-dealkylation sites (tertiary alicyclic amines) is 1. The molecule has 0 spiro atoms. The first-order chi connectivity index (χ1) is 12.7. The number of rotatable bonds is 5. The minimum atomic E-state index is -0.357. The third kappa shape index (κ3) is 4.36. The van der Waals surface area contributed by atoms with Gasteiger partial charge < -0.3 is 15.0 Å². The van der Waals surface area contributed by atoms with Crippen molar-refractivity contribution < 1.29 is 14.3 Å². The van der Waals surface area contributed by atoms with Gasteiger partial charge in [-0.15, -0.1) is 0 Å². The maximum absolute atomic E-state index is 12.5. The van der Waals surface area contributed by atoms with E-state index in [2.05, 4.69) is 15.3 Å². The number of carbonyl (C=O) groups excluding carboxylic acids is 2. The Labute approximate surface area is 152 Å². The molecule has 0 saturated carbocycles. The Hall–Kier alpha value is -2.96. The Morgan fingerprint density at radius 3 is 2.54 bits per heavy atom. The zero-order valence-corrected chi connectivity index (χ0v) is 14.8. The van der Waals surface area contributed by atoms with Gasteiger partial charge in [0.05, 0.1) is 12.2 Å². The summed E-state index contributed by atoms with van der Waals surface area (Å²) in [4.78, 5) is 34.5. The number of amides is 1. The van der Waals surface area contributed by atoms with Crippen molar-refractivity contribution in [3.8, 4) is 0 Å². The fraction of sp³-hybridized carbons (Fsp3) is 0.368. The van der Waals surface area contributed by atoms with E-state index in [1.54, 1.807) is 43.5 Å². The average Bonchev–Trinajstić information content (AvgIpc) is 2.69. The van der Waals surface area contributed by atoms with Crippen LogP contribution in [-0.4, -0.2) is 46.4 Å². The molecule has 1 N–H and O–H groups in total. The number of ether oxygens (including phenoxy) is 1. The molecule has 136 valence electrons. The second-order valence-electron chi connectivity index (χ2n) is 6.04. The molecule has 7 nitrogen and oxygen atoms in total. The van der Waals surface area contributed by atoms with E-state index in [0.29, 0.717) is 23.8 Å². The molecule has 1 aliphatic rings. The van der Waals surface area contributed by atoms with Crippen molar-refractivity contribution in [2.75, 3.05) is 25.0 Å². The van der Waals surface area contributed by atoms with Crippen molar-refractivity contribution in [1.82, 2.24) is 14.9 Å². The molecule has 0 unspecified atom stereocenters. The zero-order valence-electron chi connectivity index (χ0n) is 14.8. The number of hydrogen-bond donors (Lipinski definition) is 1. The lowest BCUT2D eigenvalue weighted by Gasteiger charge is -2.26. The molecular weight excluding hydrogens is 332 g/mol. The van der Waals surface area contributed by atoms with Gasteiger partial charge in [0.1, 0.15) is 5.69 Å². The monoisotopic (exact) mass is 354 g/mol. The molecule has 0 atom stereocenters. The van der Waals surface area contributed by atoms with Gasteiger partial charge >= 0.3 is 5.97 Å². The summed E-state index contributed by atoms with van der Waals surface area (Å²) in [5.74, 6) is -0.0750. The normalized spacial score (nSPS) is 14.0. The number of nitrogens with one attached hydrogen (secondary N) is 1. The van der Waals surface area contributed by atoms with Gasteiger partial charge in [-0.25, -0.2) is 14.8 Å². The molecule has 26 heavy (non-hydrogen) atoms. The second-order valence-corrected chi connectivity index (χ2v) is 6.04. The van der Waals surface area contributed by atoms with Crippen LogP contribution in [0.25, 0.3) is 0 Å². The van der Waals surface area contributed by atoms with E-state index in [1.807, 2.05) is 4.90 Å². The number of benzene rings is 1. The van der Waals surface area contributed by atoms with Crippen LogP contribution in [0, 0.1) is 0 Å². The summed E-state index contributed by atoms with van der Waals surface area (Å²) < 4.78 is 4.96. The summed E-state index contributed by atoms with van der Waals surface area (Å²) >= 11 is 0. The van der Waals surface area contributed by atoms with Gasteiger partial charge in [0.15, 0.2) is 0 Å². The minimum Gasteiger partial charge on any atom is -0.462 e. The zero-order chi connectivity index (χ0) is 18.4. The number of nitrogens with zero attached hydrogens (tertiary/aromatic N) is 3. The number of piperidine rings is 1. The van der Waals surface area contributed by atoms with Gasteiger partial charge in [0, 0.05) is 25.0 Å². The van der Waals surface area contributed by atoms with E-state index in [9.17, 15) is 9.59 Å². The Kier molecular flexibility index (Phi) is 5.78. The molecule has 0 bridgehead atoms. The molecule has 2 aromatic rings. The Balaban J connectivity index is 1.68. The summed E-state index contributed by atoms with van der Waals surface area (Å²) in [5.41, 5.74) is 1.58. The van der Waals surface area contributed by atoms with Crippen molar-refractivity contribution in [1.29, 1.82) is 0 Å². The highest BCUT2D eigenvalue weighted by Gasteiger charge is 2.19. The first-order valence-corrected chi connectivity index (χ1v) is 8.84. The van der Waals surface area contributed by atoms with Crippen LogP contribution in [0.1, 0.15) is 47.0 Å². The number of hydrogen-bond acceptors (Lipinski definition) is 6. The maximum Gasteiger partial charge on any atom is 0.338 e. The Morgan fingerprint density at radius 1 is 1.12 bits per heavy atom. The molecule has 3 rings (SSSR count). The van der Waals surface area contributed by atoms with Crippen LogP contribution in [0.2, 0.25) is 0 Å². The van der Waals surface area contributed by atoms with Crippen LogP contribution >= 0.6 is 0 Å². The Morgan fingerprint density at radius 2 is 1.85 bits per heavy atom. The summed E-state index contributed by atoms with van der Waals surface area (Å²) in [5, 5.41) is 3.06. The molecule has 1 aromatic carbocycles. The summed E-state index contributed by atoms with van der Waals surface area (Å²) in [6.07, 6.45) is 4.81. The highest BCUT2D eigenvalue weighted by atomic mass is 16.5. The van der Waals surface area contributed by atoms with Gasteiger partial charge in [0.25, 0.3) is 5.91 Å². The SMILES string of the molecule is CCOC(=O)c1ccc(Nc2nccc(C(=O)N3CCCCC3)n2)cc1. The van der Waals surface area contributed by atoms with Gasteiger partial charge in [-0.2, -0.15) is 0 Å². The molecule has 1 aromatic heterocycles. The molecule has 2 heterocycles. The second kappa shape index (κ2) is 8.42.